The summed E-state index contributed by atoms with van der Waals surface area (Å²) in [6, 6.07) is 15.6. The van der Waals surface area contributed by atoms with Crippen molar-refractivity contribution in [3.8, 4) is 0 Å². The highest BCUT2D eigenvalue weighted by Crippen LogP contribution is 2.38. The molecule has 1 aliphatic carbocycles. The van der Waals surface area contributed by atoms with Crippen LogP contribution < -0.4 is 5.32 Å². The van der Waals surface area contributed by atoms with Crippen molar-refractivity contribution in [2.45, 2.75) is 31.6 Å². The molecular formula is C26H26ClN3O3. The van der Waals surface area contributed by atoms with Gasteiger partial charge in [-0.2, -0.15) is 0 Å². The molecule has 1 saturated carbocycles. The van der Waals surface area contributed by atoms with Gasteiger partial charge in [0.15, 0.2) is 0 Å². The van der Waals surface area contributed by atoms with E-state index in [4.69, 9.17) is 11.6 Å². The topological polar surface area (TPSA) is 82.3 Å². The molecule has 1 aliphatic heterocycles. The largest absolute Gasteiger partial charge is 0.361 e. The van der Waals surface area contributed by atoms with Gasteiger partial charge in [-0.25, -0.2) is 0 Å². The summed E-state index contributed by atoms with van der Waals surface area (Å²) in [5.41, 5.74) is 2.94. The molecule has 0 unspecified atom stereocenters. The molecule has 0 radical (unpaired) electrons. The summed E-state index contributed by atoms with van der Waals surface area (Å²) in [4.78, 5) is 42.8. The summed E-state index contributed by atoms with van der Waals surface area (Å²) in [5, 5.41) is 4.64. The lowest BCUT2D eigenvalue weighted by Gasteiger charge is -2.20. The smallest absolute Gasteiger partial charge is 0.240 e. The zero-order chi connectivity index (χ0) is 22.9. The molecule has 5 rings (SSSR count). The number of benzene rings is 2. The van der Waals surface area contributed by atoms with Gasteiger partial charge in [0.05, 0.1) is 11.8 Å². The minimum absolute atomic E-state index is 0.189. The molecule has 3 aromatic rings. The zero-order valence-corrected chi connectivity index (χ0v) is 19.0. The van der Waals surface area contributed by atoms with Crippen LogP contribution in [0.1, 0.15) is 42.7 Å². The van der Waals surface area contributed by atoms with E-state index < -0.39 is 0 Å². The molecule has 2 aromatic carbocycles. The second-order valence-electron chi connectivity index (χ2n) is 8.93. The fourth-order valence-corrected chi connectivity index (χ4v) is 5.60. The highest BCUT2D eigenvalue weighted by Gasteiger charge is 2.48. The molecule has 7 heteroatoms. The molecule has 3 amide bonds. The second-order valence-corrected chi connectivity index (χ2v) is 9.34. The standard InChI is InChI=1S/C26H26ClN3O3/c27-22-11-5-3-7-16(22)20(21-13-28-23-12-6-4-8-17(21)23)14-29-24(31)15-30-25(32)18-9-1-2-10-19(18)26(30)33/h3-8,11-13,18-20,28H,1-2,9-10,14-15H2,(H,29,31)/t18-,19-,20+/m1/s1. The first-order chi connectivity index (χ1) is 16.0. The lowest BCUT2D eigenvalue weighted by molar-refractivity contribution is -0.143. The number of carbonyl (C=O) groups excluding carboxylic acids is 3. The molecule has 6 nitrogen and oxygen atoms in total. The Morgan fingerprint density at radius 3 is 2.39 bits per heavy atom. The summed E-state index contributed by atoms with van der Waals surface area (Å²) < 4.78 is 0. The van der Waals surface area contributed by atoms with Crippen LogP contribution in [0.25, 0.3) is 10.9 Å². The Bertz CT molecular complexity index is 1200. The highest BCUT2D eigenvalue weighted by atomic mass is 35.5. The van der Waals surface area contributed by atoms with Crippen LogP contribution in [0.2, 0.25) is 5.02 Å². The van der Waals surface area contributed by atoms with Crippen molar-refractivity contribution in [2.75, 3.05) is 13.1 Å². The van der Waals surface area contributed by atoms with Gasteiger partial charge in [-0.3, -0.25) is 19.3 Å². The van der Waals surface area contributed by atoms with Gasteiger partial charge in [-0.05, 0) is 36.1 Å². The Morgan fingerprint density at radius 2 is 1.67 bits per heavy atom. The van der Waals surface area contributed by atoms with E-state index in [0.29, 0.717) is 11.6 Å². The molecule has 33 heavy (non-hydrogen) atoms. The van der Waals surface area contributed by atoms with E-state index in [1.807, 2.05) is 54.7 Å². The molecule has 0 spiro atoms. The van der Waals surface area contributed by atoms with Crippen LogP contribution >= 0.6 is 11.6 Å². The zero-order valence-electron chi connectivity index (χ0n) is 18.2. The van der Waals surface area contributed by atoms with Crippen LogP contribution in [0.3, 0.4) is 0 Å². The van der Waals surface area contributed by atoms with Crippen molar-refractivity contribution >= 4 is 40.2 Å². The first kappa shape index (κ1) is 21.7. The van der Waals surface area contributed by atoms with E-state index in [1.165, 1.54) is 0 Å². The number of likely N-dealkylation sites (tertiary alicyclic amines) is 1. The van der Waals surface area contributed by atoms with Crippen LogP contribution in [0.4, 0.5) is 0 Å². The molecule has 2 heterocycles. The average molecular weight is 464 g/mol. The number of rotatable bonds is 6. The summed E-state index contributed by atoms with van der Waals surface area (Å²) in [5.74, 6) is -1.42. The molecule has 3 atom stereocenters. The fraction of sp³-hybridized carbons (Fsp3) is 0.346. The number of hydrogen-bond donors (Lipinski definition) is 2. The summed E-state index contributed by atoms with van der Waals surface area (Å²) in [6.45, 7) is 0.0707. The number of aromatic amines is 1. The van der Waals surface area contributed by atoms with Crippen LogP contribution in [-0.4, -0.2) is 40.7 Å². The average Bonchev–Trinajstić information content (AvgIpc) is 3.36. The number of amides is 3. The normalized spacial score (nSPS) is 21.3. The lowest BCUT2D eigenvalue weighted by Crippen LogP contribution is -2.42. The Kier molecular flexibility index (Phi) is 5.94. The third-order valence-corrected chi connectivity index (χ3v) is 7.36. The third-order valence-electron chi connectivity index (χ3n) is 7.01. The van der Waals surface area contributed by atoms with Gasteiger partial charge in [0, 0.05) is 34.6 Å². The van der Waals surface area contributed by atoms with Gasteiger partial charge in [0.25, 0.3) is 0 Å². The predicted molar refractivity (Wildman–Crippen MR) is 127 cm³/mol. The predicted octanol–water partition coefficient (Wildman–Crippen LogP) is 4.24. The van der Waals surface area contributed by atoms with E-state index in [1.54, 1.807) is 0 Å². The van der Waals surface area contributed by atoms with Crippen molar-refractivity contribution < 1.29 is 14.4 Å². The van der Waals surface area contributed by atoms with Gasteiger partial charge in [0.2, 0.25) is 17.7 Å². The van der Waals surface area contributed by atoms with Gasteiger partial charge < -0.3 is 10.3 Å². The maximum Gasteiger partial charge on any atom is 0.240 e. The van der Waals surface area contributed by atoms with E-state index in [9.17, 15) is 14.4 Å². The number of imide groups is 1. The maximum atomic E-state index is 12.9. The molecule has 170 valence electrons. The van der Waals surface area contributed by atoms with Crippen LogP contribution in [0.15, 0.2) is 54.7 Å². The third kappa shape index (κ3) is 4.04. The summed E-state index contributed by atoms with van der Waals surface area (Å²) >= 11 is 6.53. The van der Waals surface area contributed by atoms with E-state index >= 15 is 0 Å². The summed E-state index contributed by atoms with van der Waals surface area (Å²) in [6.07, 6.45) is 5.35. The first-order valence-electron chi connectivity index (χ1n) is 11.5. The van der Waals surface area contributed by atoms with Crippen molar-refractivity contribution in [3.63, 3.8) is 0 Å². The molecule has 2 aliphatic rings. The van der Waals surface area contributed by atoms with Crippen molar-refractivity contribution in [1.29, 1.82) is 0 Å². The second kappa shape index (κ2) is 9.02. The Balaban J connectivity index is 1.35. The Hall–Kier alpha value is -3.12. The van der Waals surface area contributed by atoms with Crippen molar-refractivity contribution in [3.05, 3.63) is 70.9 Å². The molecule has 0 bridgehead atoms. The SMILES string of the molecule is O=C(CN1C(=O)[C@@H]2CCCC[C@H]2C1=O)NC[C@@H](c1ccccc1Cl)c1c[nH]c2ccccc12. The van der Waals surface area contributed by atoms with Gasteiger partial charge in [-0.15, -0.1) is 0 Å². The number of halogens is 1. The number of aromatic nitrogens is 1. The monoisotopic (exact) mass is 463 g/mol. The Morgan fingerprint density at radius 1 is 1.00 bits per heavy atom. The Labute approximate surface area is 197 Å². The number of carbonyl (C=O) groups is 3. The minimum Gasteiger partial charge on any atom is -0.361 e. The van der Waals surface area contributed by atoms with Crippen molar-refractivity contribution in [2.24, 2.45) is 11.8 Å². The maximum absolute atomic E-state index is 12.9. The highest BCUT2D eigenvalue weighted by molar-refractivity contribution is 6.31. The summed E-state index contributed by atoms with van der Waals surface area (Å²) in [7, 11) is 0. The molecule has 2 fully saturated rings. The van der Waals surface area contributed by atoms with Crippen LogP contribution in [-0.2, 0) is 14.4 Å². The van der Waals surface area contributed by atoms with E-state index in [-0.39, 0.29) is 42.0 Å². The van der Waals surface area contributed by atoms with E-state index in [0.717, 1.165) is 52.6 Å². The quantitative estimate of drug-likeness (QED) is 0.536. The number of nitrogens with one attached hydrogen (secondary N) is 2. The first-order valence-corrected chi connectivity index (χ1v) is 11.8. The van der Waals surface area contributed by atoms with Crippen LogP contribution in [0.5, 0.6) is 0 Å². The number of fused-ring (bicyclic) bond motifs is 2. The number of H-pyrrole nitrogens is 1. The van der Waals surface area contributed by atoms with Gasteiger partial charge in [0.1, 0.15) is 6.54 Å². The molecule has 2 N–H and O–H groups in total. The van der Waals surface area contributed by atoms with Crippen molar-refractivity contribution in [1.82, 2.24) is 15.2 Å². The van der Waals surface area contributed by atoms with Gasteiger partial charge in [-0.1, -0.05) is 60.8 Å². The number of hydrogen-bond acceptors (Lipinski definition) is 3. The van der Waals surface area contributed by atoms with Crippen LogP contribution in [0, 0.1) is 11.8 Å². The molecule has 1 aromatic heterocycles. The fourth-order valence-electron chi connectivity index (χ4n) is 5.33. The van der Waals surface area contributed by atoms with E-state index in [2.05, 4.69) is 10.3 Å². The number of para-hydroxylation sites is 1. The molecule has 1 saturated heterocycles. The number of nitrogens with zero attached hydrogens (tertiary/aromatic N) is 1. The van der Waals surface area contributed by atoms with Gasteiger partial charge >= 0.3 is 0 Å². The molecular weight excluding hydrogens is 438 g/mol. The minimum atomic E-state index is -0.341. The lowest BCUT2D eigenvalue weighted by atomic mass is 9.81.